The van der Waals surface area contributed by atoms with Crippen LogP contribution in [-0.2, 0) is 0 Å². The zero-order valence-electron chi connectivity index (χ0n) is 19.8. The third kappa shape index (κ3) is 15.7. The first kappa shape index (κ1) is 28.2. The van der Waals surface area contributed by atoms with E-state index in [2.05, 4.69) is 27.4 Å². The first-order chi connectivity index (χ1) is 14.2. The molecule has 0 unspecified atom stereocenters. The first-order valence-electron chi connectivity index (χ1n) is 12.3. The molecule has 1 aromatic rings. The molecule has 0 atom stereocenters. The Morgan fingerprint density at radius 3 is 1.38 bits per heavy atom. The van der Waals surface area contributed by atoms with E-state index in [9.17, 15) is 0 Å². The average molecular weight is 423 g/mol. The maximum Gasteiger partial charge on any atom is 0.154 e. The molecule has 0 radical (unpaired) electrons. The van der Waals surface area contributed by atoms with Crippen molar-refractivity contribution in [3.63, 3.8) is 0 Å². The van der Waals surface area contributed by atoms with Crippen LogP contribution in [0.2, 0.25) is 0 Å². The highest BCUT2D eigenvalue weighted by Crippen LogP contribution is 2.18. The Bertz CT molecular complexity index is 426. The molecule has 0 aliphatic heterocycles. The van der Waals surface area contributed by atoms with E-state index in [-0.39, 0.29) is 0 Å². The van der Waals surface area contributed by atoms with Gasteiger partial charge in [-0.1, -0.05) is 114 Å². The number of nitrogens with zero attached hydrogens (tertiary/aromatic N) is 1. The lowest BCUT2D eigenvalue weighted by molar-refractivity contribution is -0.918. The number of alkyl halides is 1. The maximum absolute atomic E-state index is 6.43. The Balaban J connectivity index is 0.000000807. The van der Waals surface area contributed by atoms with E-state index in [1.165, 1.54) is 107 Å². The van der Waals surface area contributed by atoms with Crippen molar-refractivity contribution in [2.24, 2.45) is 0 Å². The van der Waals surface area contributed by atoms with Gasteiger partial charge in [-0.05, 0) is 44.1 Å². The van der Waals surface area contributed by atoms with Crippen molar-refractivity contribution in [2.45, 2.75) is 97.8 Å². The van der Waals surface area contributed by atoms with E-state index in [0.29, 0.717) is 0 Å². The number of hydrogen-bond acceptors (Lipinski definition) is 0. The third-order valence-corrected chi connectivity index (χ3v) is 6.25. The second-order valence-corrected chi connectivity index (χ2v) is 8.67. The summed E-state index contributed by atoms with van der Waals surface area (Å²) < 4.78 is 1.18. The van der Waals surface area contributed by atoms with Gasteiger partial charge in [0.1, 0.15) is 0 Å². The minimum absolute atomic E-state index is 0.824. The van der Waals surface area contributed by atoms with E-state index in [1.807, 2.05) is 36.4 Å². The van der Waals surface area contributed by atoms with Crippen LogP contribution in [0.5, 0.6) is 0 Å². The largest absolute Gasteiger partial charge is 0.311 e. The summed E-state index contributed by atoms with van der Waals surface area (Å²) in [5.74, 6) is 0. The van der Waals surface area contributed by atoms with Gasteiger partial charge < -0.3 is 4.48 Å². The molecule has 0 saturated carbocycles. The topological polar surface area (TPSA) is 0 Å². The summed E-state index contributed by atoms with van der Waals surface area (Å²) in [4.78, 5) is 0. The monoisotopic (exact) mass is 422 g/mol. The molecule has 0 aliphatic rings. The number of rotatable bonds is 17. The maximum atomic E-state index is 6.43. The van der Waals surface area contributed by atoms with Crippen molar-refractivity contribution in [1.29, 1.82) is 0 Å². The summed E-state index contributed by atoms with van der Waals surface area (Å²) in [6.07, 6.45) is 18.2. The molecule has 0 bridgehead atoms. The summed E-state index contributed by atoms with van der Waals surface area (Å²) >= 11 is 6.43. The molecule has 168 valence electrons. The van der Waals surface area contributed by atoms with Gasteiger partial charge in [-0.2, -0.15) is 0 Å². The van der Waals surface area contributed by atoms with Crippen molar-refractivity contribution in [3.05, 3.63) is 42.5 Å². The highest BCUT2D eigenvalue weighted by molar-refractivity contribution is 6.16. The highest BCUT2D eigenvalue weighted by atomic mass is 35.5. The molecule has 0 saturated heterocycles. The fourth-order valence-electron chi connectivity index (χ4n) is 3.73. The second kappa shape index (κ2) is 20.5. The van der Waals surface area contributed by atoms with Crippen molar-refractivity contribution in [3.8, 4) is 0 Å². The zero-order chi connectivity index (χ0) is 21.6. The van der Waals surface area contributed by atoms with Crippen LogP contribution in [0.3, 0.4) is 0 Å². The Kier molecular flexibility index (Phi) is 19.9. The van der Waals surface area contributed by atoms with E-state index >= 15 is 0 Å². The standard InChI is InChI=1S/C19H41ClN.C8H8/c1-4-7-10-13-16-21(19-20,17-14-11-8-5-2)18-15-12-9-6-3;1-2-8-6-4-3-5-7-8/h4-19H2,1-3H3;2-7H,1H2/q+1;. The van der Waals surface area contributed by atoms with E-state index in [0.717, 1.165) is 6.00 Å². The van der Waals surface area contributed by atoms with Crippen LogP contribution in [0.1, 0.15) is 103 Å². The molecule has 0 aliphatic carbocycles. The van der Waals surface area contributed by atoms with Gasteiger partial charge in [-0.3, -0.25) is 0 Å². The Hall–Kier alpha value is -0.790. The minimum Gasteiger partial charge on any atom is -0.311 e. The molecule has 0 amide bonds. The molecule has 0 spiro atoms. The highest BCUT2D eigenvalue weighted by Gasteiger charge is 2.24. The smallest absolute Gasteiger partial charge is 0.154 e. The number of benzene rings is 1. The summed E-state index contributed by atoms with van der Waals surface area (Å²) in [7, 11) is 0. The summed E-state index contributed by atoms with van der Waals surface area (Å²) in [5, 5.41) is 0. The number of unbranched alkanes of at least 4 members (excludes halogenated alkanes) is 9. The van der Waals surface area contributed by atoms with Crippen molar-refractivity contribution >= 4 is 17.7 Å². The predicted octanol–water partition coefficient (Wildman–Crippen LogP) is 9.07. The molecule has 0 heterocycles. The lowest BCUT2D eigenvalue weighted by Gasteiger charge is -2.37. The van der Waals surface area contributed by atoms with Crippen molar-refractivity contribution in [2.75, 3.05) is 25.6 Å². The summed E-state index contributed by atoms with van der Waals surface area (Å²) in [6, 6.07) is 10.9. The zero-order valence-corrected chi connectivity index (χ0v) is 20.6. The molecular formula is C27H49ClN+. The second-order valence-electron chi connectivity index (χ2n) is 8.43. The van der Waals surface area contributed by atoms with Gasteiger partial charge in [0.25, 0.3) is 0 Å². The van der Waals surface area contributed by atoms with Crippen LogP contribution >= 0.6 is 11.6 Å². The van der Waals surface area contributed by atoms with Gasteiger partial charge in [-0.15, -0.1) is 0 Å². The van der Waals surface area contributed by atoms with Gasteiger partial charge in [0.05, 0.1) is 19.6 Å². The minimum atomic E-state index is 0.824. The van der Waals surface area contributed by atoms with Crippen LogP contribution in [0.4, 0.5) is 0 Å². The van der Waals surface area contributed by atoms with Gasteiger partial charge >= 0.3 is 0 Å². The molecular weight excluding hydrogens is 374 g/mol. The van der Waals surface area contributed by atoms with Gasteiger partial charge in [0.2, 0.25) is 0 Å². The van der Waals surface area contributed by atoms with E-state index < -0.39 is 0 Å². The van der Waals surface area contributed by atoms with Gasteiger partial charge in [-0.25, -0.2) is 0 Å². The first-order valence-corrected chi connectivity index (χ1v) is 12.8. The lowest BCUT2D eigenvalue weighted by atomic mass is 10.1. The van der Waals surface area contributed by atoms with Crippen LogP contribution < -0.4 is 0 Å². The lowest BCUT2D eigenvalue weighted by Crippen LogP contribution is -2.49. The fraction of sp³-hybridized carbons (Fsp3) is 0.704. The normalized spacial score (nSPS) is 11.0. The van der Waals surface area contributed by atoms with Gasteiger partial charge in [0, 0.05) is 0 Å². The van der Waals surface area contributed by atoms with Crippen LogP contribution in [0, 0.1) is 0 Å². The quantitative estimate of drug-likeness (QED) is 0.101. The number of halogens is 1. The molecule has 0 N–H and O–H groups in total. The Labute approximate surface area is 188 Å². The van der Waals surface area contributed by atoms with E-state index in [1.54, 1.807) is 0 Å². The molecule has 1 rings (SSSR count). The Morgan fingerprint density at radius 1 is 0.690 bits per heavy atom. The third-order valence-electron chi connectivity index (χ3n) is 5.75. The molecule has 0 fully saturated rings. The summed E-state index contributed by atoms with van der Waals surface area (Å²) in [5.41, 5.74) is 1.17. The fourth-order valence-corrected chi connectivity index (χ4v) is 4.08. The summed E-state index contributed by atoms with van der Waals surface area (Å²) in [6.45, 7) is 14.4. The van der Waals surface area contributed by atoms with Crippen molar-refractivity contribution in [1.82, 2.24) is 0 Å². The SMILES string of the molecule is C=Cc1ccccc1.CCCCCC[N+](CCl)(CCCCCC)CCCCCC. The number of quaternary nitrogens is 1. The molecule has 0 aromatic heterocycles. The molecule has 1 aromatic carbocycles. The van der Waals surface area contributed by atoms with E-state index in [4.69, 9.17) is 11.6 Å². The molecule has 1 nitrogen and oxygen atoms in total. The van der Waals surface area contributed by atoms with Crippen LogP contribution in [-0.4, -0.2) is 30.1 Å². The Morgan fingerprint density at radius 2 is 1.10 bits per heavy atom. The predicted molar refractivity (Wildman–Crippen MR) is 135 cm³/mol. The molecule has 29 heavy (non-hydrogen) atoms. The van der Waals surface area contributed by atoms with Crippen LogP contribution in [0.25, 0.3) is 6.08 Å². The van der Waals surface area contributed by atoms with Gasteiger partial charge in [0.15, 0.2) is 6.00 Å². The number of hydrogen-bond donors (Lipinski definition) is 0. The average Bonchev–Trinajstić information content (AvgIpc) is 2.77. The van der Waals surface area contributed by atoms with Crippen LogP contribution in [0.15, 0.2) is 36.9 Å². The van der Waals surface area contributed by atoms with Crippen molar-refractivity contribution < 1.29 is 4.48 Å². The molecule has 2 heteroatoms.